The standard InChI is InChI=1S/C23H21Cl2N5O3/c1-11(2)12-3-5-15(6-4-12)26-21(32)17-10-18(31)28-20-19(17)22(33)30-23(29-20)27-16-8-13(24)7-14(25)9-16/h3-9,11,17H,10H2,1-2H3,(H,26,32)(H3,27,28,29,30,31,33)/t17-/m0/s1. The van der Waals surface area contributed by atoms with E-state index in [2.05, 4.69) is 39.8 Å². The van der Waals surface area contributed by atoms with Gasteiger partial charge in [0.25, 0.3) is 5.56 Å². The van der Waals surface area contributed by atoms with Gasteiger partial charge in [-0.3, -0.25) is 19.4 Å². The molecule has 4 N–H and O–H groups in total. The number of carbonyl (C=O) groups excluding carboxylic acids is 2. The summed E-state index contributed by atoms with van der Waals surface area (Å²) in [6.07, 6.45) is -0.162. The largest absolute Gasteiger partial charge is 0.326 e. The van der Waals surface area contributed by atoms with Gasteiger partial charge in [-0.1, -0.05) is 49.2 Å². The van der Waals surface area contributed by atoms with Crippen molar-refractivity contribution in [1.82, 2.24) is 9.97 Å². The van der Waals surface area contributed by atoms with Crippen molar-refractivity contribution < 1.29 is 9.59 Å². The lowest BCUT2D eigenvalue weighted by atomic mass is 9.92. The minimum Gasteiger partial charge on any atom is -0.326 e. The molecule has 0 saturated heterocycles. The number of aromatic nitrogens is 2. The average molecular weight is 486 g/mol. The van der Waals surface area contributed by atoms with E-state index in [-0.39, 0.29) is 23.8 Å². The molecule has 1 aromatic heterocycles. The zero-order chi connectivity index (χ0) is 23.7. The van der Waals surface area contributed by atoms with Gasteiger partial charge in [0.05, 0.1) is 11.5 Å². The minimum absolute atomic E-state index is 0.0286. The van der Waals surface area contributed by atoms with Crippen LogP contribution >= 0.6 is 23.2 Å². The van der Waals surface area contributed by atoms with Crippen LogP contribution < -0.4 is 21.5 Å². The fourth-order valence-electron chi connectivity index (χ4n) is 3.60. The summed E-state index contributed by atoms with van der Waals surface area (Å²) in [6, 6.07) is 12.2. The van der Waals surface area contributed by atoms with E-state index in [4.69, 9.17) is 23.2 Å². The van der Waals surface area contributed by atoms with Crippen LogP contribution in [0.5, 0.6) is 0 Å². The number of fused-ring (bicyclic) bond motifs is 1. The second-order valence-corrected chi connectivity index (χ2v) is 8.90. The van der Waals surface area contributed by atoms with Gasteiger partial charge in [0.1, 0.15) is 5.82 Å². The fraction of sp³-hybridized carbons (Fsp3) is 0.217. The van der Waals surface area contributed by atoms with Gasteiger partial charge < -0.3 is 16.0 Å². The van der Waals surface area contributed by atoms with Crippen LogP contribution in [0.25, 0.3) is 0 Å². The molecule has 10 heteroatoms. The molecule has 0 spiro atoms. The van der Waals surface area contributed by atoms with Gasteiger partial charge >= 0.3 is 0 Å². The number of carbonyl (C=O) groups is 2. The quantitative estimate of drug-likeness (QED) is 0.405. The summed E-state index contributed by atoms with van der Waals surface area (Å²) in [5.41, 5.74) is 1.78. The highest BCUT2D eigenvalue weighted by Crippen LogP contribution is 2.31. The van der Waals surface area contributed by atoms with Crippen molar-refractivity contribution in [1.29, 1.82) is 0 Å². The van der Waals surface area contributed by atoms with Gasteiger partial charge in [-0.05, 0) is 41.8 Å². The molecule has 0 fully saturated rings. The van der Waals surface area contributed by atoms with Crippen LogP contribution in [-0.4, -0.2) is 21.8 Å². The molecular formula is C23H21Cl2N5O3. The van der Waals surface area contributed by atoms with E-state index in [0.717, 1.165) is 5.56 Å². The van der Waals surface area contributed by atoms with Gasteiger partial charge in [0.15, 0.2) is 0 Å². The highest BCUT2D eigenvalue weighted by atomic mass is 35.5. The fourth-order valence-corrected chi connectivity index (χ4v) is 4.12. The van der Waals surface area contributed by atoms with Gasteiger partial charge in [-0.2, -0.15) is 4.98 Å². The Kier molecular flexibility index (Phi) is 6.40. The third kappa shape index (κ3) is 5.18. The van der Waals surface area contributed by atoms with Crippen molar-refractivity contribution in [3.05, 3.63) is 74.0 Å². The molecule has 1 aliphatic rings. The Morgan fingerprint density at radius 1 is 1.06 bits per heavy atom. The van der Waals surface area contributed by atoms with Crippen LogP contribution in [0.1, 0.15) is 43.2 Å². The second-order valence-electron chi connectivity index (χ2n) is 8.03. The molecule has 2 heterocycles. The lowest BCUT2D eigenvalue weighted by Gasteiger charge is -2.23. The molecule has 0 unspecified atom stereocenters. The molecule has 0 bridgehead atoms. The first-order chi connectivity index (χ1) is 15.7. The first-order valence-electron chi connectivity index (χ1n) is 10.3. The molecule has 0 radical (unpaired) electrons. The Bertz CT molecular complexity index is 1270. The van der Waals surface area contributed by atoms with Gasteiger partial charge in [0.2, 0.25) is 17.8 Å². The Morgan fingerprint density at radius 3 is 2.36 bits per heavy atom. The molecule has 0 aliphatic carbocycles. The van der Waals surface area contributed by atoms with Crippen molar-refractivity contribution in [3.8, 4) is 0 Å². The van der Waals surface area contributed by atoms with Crippen LogP contribution in [0.4, 0.5) is 23.1 Å². The van der Waals surface area contributed by atoms with Crippen LogP contribution in [0, 0.1) is 0 Å². The molecule has 33 heavy (non-hydrogen) atoms. The first kappa shape index (κ1) is 22.8. The molecule has 0 saturated carbocycles. The Morgan fingerprint density at radius 2 is 1.73 bits per heavy atom. The van der Waals surface area contributed by atoms with Crippen LogP contribution in [0.2, 0.25) is 10.0 Å². The third-order valence-corrected chi connectivity index (χ3v) is 5.67. The number of halogens is 2. The van der Waals surface area contributed by atoms with Crippen molar-refractivity contribution in [2.24, 2.45) is 0 Å². The van der Waals surface area contributed by atoms with E-state index >= 15 is 0 Å². The number of rotatable bonds is 5. The van der Waals surface area contributed by atoms with Gasteiger partial charge in [-0.15, -0.1) is 0 Å². The maximum atomic E-state index is 13.0. The van der Waals surface area contributed by atoms with E-state index in [1.54, 1.807) is 30.3 Å². The van der Waals surface area contributed by atoms with Crippen LogP contribution in [0.15, 0.2) is 47.3 Å². The maximum Gasteiger partial charge on any atom is 0.258 e. The molecular weight excluding hydrogens is 465 g/mol. The SMILES string of the molecule is CC(C)c1ccc(NC(=O)[C@H]2CC(=O)Nc3nc(Nc4cc(Cl)cc(Cl)c4)[nH]c(=O)c32)cc1. The monoisotopic (exact) mass is 485 g/mol. The Hall–Kier alpha value is -3.36. The molecule has 2 amide bonds. The van der Waals surface area contributed by atoms with Crippen molar-refractivity contribution in [3.63, 3.8) is 0 Å². The lowest BCUT2D eigenvalue weighted by molar-refractivity contribution is -0.123. The molecule has 1 aliphatic heterocycles. The highest BCUT2D eigenvalue weighted by molar-refractivity contribution is 6.35. The zero-order valence-corrected chi connectivity index (χ0v) is 19.3. The summed E-state index contributed by atoms with van der Waals surface area (Å²) in [6.45, 7) is 4.16. The number of anilines is 4. The zero-order valence-electron chi connectivity index (χ0n) is 17.8. The number of aromatic amines is 1. The average Bonchev–Trinajstić information content (AvgIpc) is 2.72. The molecule has 4 rings (SSSR count). The predicted octanol–water partition coefficient (Wildman–Crippen LogP) is 5.01. The predicted molar refractivity (Wildman–Crippen MR) is 130 cm³/mol. The maximum absolute atomic E-state index is 13.0. The van der Waals surface area contributed by atoms with Crippen molar-refractivity contribution in [2.45, 2.75) is 32.1 Å². The minimum atomic E-state index is -0.982. The van der Waals surface area contributed by atoms with Crippen LogP contribution in [-0.2, 0) is 9.59 Å². The molecule has 8 nitrogen and oxygen atoms in total. The number of amides is 2. The topological polar surface area (TPSA) is 116 Å². The molecule has 170 valence electrons. The van der Waals surface area contributed by atoms with Gasteiger partial charge in [-0.25, -0.2) is 0 Å². The number of benzene rings is 2. The van der Waals surface area contributed by atoms with E-state index < -0.39 is 23.3 Å². The number of nitrogens with one attached hydrogen (secondary N) is 4. The number of H-pyrrole nitrogens is 1. The summed E-state index contributed by atoms with van der Waals surface area (Å²) in [5, 5.41) is 9.07. The third-order valence-electron chi connectivity index (χ3n) is 5.24. The molecule has 2 aromatic carbocycles. The van der Waals surface area contributed by atoms with Gasteiger partial charge in [0, 0.05) is 27.8 Å². The normalized spacial score (nSPS) is 15.1. The van der Waals surface area contributed by atoms with E-state index in [1.165, 1.54) is 0 Å². The summed E-state index contributed by atoms with van der Waals surface area (Å²) in [5.74, 6) is -1.39. The van der Waals surface area contributed by atoms with E-state index in [0.29, 0.717) is 27.3 Å². The lowest BCUT2D eigenvalue weighted by Crippen LogP contribution is -2.36. The second kappa shape index (κ2) is 9.25. The van der Waals surface area contributed by atoms with E-state index in [1.807, 2.05) is 12.1 Å². The van der Waals surface area contributed by atoms with Crippen LogP contribution in [0.3, 0.4) is 0 Å². The molecule has 3 aromatic rings. The summed E-state index contributed by atoms with van der Waals surface area (Å²) in [7, 11) is 0. The first-order valence-corrected chi connectivity index (χ1v) is 11.0. The number of hydrogen-bond donors (Lipinski definition) is 4. The van der Waals surface area contributed by atoms with Crippen molar-refractivity contribution in [2.75, 3.05) is 16.0 Å². The number of nitrogens with zero attached hydrogens (tertiary/aromatic N) is 1. The van der Waals surface area contributed by atoms with E-state index in [9.17, 15) is 14.4 Å². The smallest absolute Gasteiger partial charge is 0.258 e. The Balaban J connectivity index is 1.60. The molecule has 1 atom stereocenters. The Labute approximate surface area is 199 Å². The number of hydrogen-bond acceptors (Lipinski definition) is 5. The van der Waals surface area contributed by atoms with Crippen molar-refractivity contribution >= 4 is 58.2 Å². The highest BCUT2D eigenvalue weighted by Gasteiger charge is 2.34. The summed E-state index contributed by atoms with van der Waals surface area (Å²) < 4.78 is 0. The summed E-state index contributed by atoms with van der Waals surface area (Å²) >= 11 is 12.0. The summed E-state index contributed by atoms with van der Waals surface area (Å²) in [4.78, 5) is 45.0.